The molecular weight excluding hydrogens is 220 g/mol. The van der Waals surface area contributed by atoms with Gasteiger partial charge in [-0.3, -0.25) is 9.59 Å². The van der Waals surface area contributed by atoms with Gasteiger partial charge in [-0.25, -0.2) is 4.98 Å². The van der Waals surface area contributed by atoms with Crippen molar-refractivity contribution in [1.29, 1.82) is 0 Å². The molecule has 1 aromatic rings. The number of carbonyl (C=O) groups is 1. The van der Waals surface area contributed by atoms with E-state index in [-0.39, 0.29) is 17.3 Å². The Hall–Kier alpha value is -1.85. The highest BCUT2D eigenvalue weighted by Gasteiger charge is 2.23. The van der Waals surface area contributed by atoms with E-state index in [1.54, 1.807) is 6.92 Å². The first kappa shape index (κ1) is 11.6. The number of nitrogens with zero attached hydrogens (tertiary/aromatic N) is 2. The van der Waals surface area contributed by atoms with Crippen molar-refractivity contribution in [3.05, 3.63) is 22.7 Å². The summed E-state index contributed by atoms with van der Waals surface area (Å²) < 4.78 is 0. The van der Waals surface area contributed by atoms with E-state index >= 15 is 0 Å². The van der Waals surface area contributed by atoms with Gasteiger partial charge in [-0.2, -0.15) is 0 Å². The van der Waals surface area contributed by atoms with Crippen LogP contribution in [0.3, 0.4) is 0 Å². The van der Waals surface area contributed by atoms with Gasteiger partial charge in [0.05, 0.1) is 0 Å². The molecule has 1 unspecified atom stereocenters. The number of aromatic nitrogens is 2. The summed E-state index contributed by atoms with van der Waals surface area (Å²) in [5.41, 5.74) is -0.312. The lowest BCUT2D eigenvalue weighted by atomic mass is 10.3. The molecule has 0 bridgehead atoms. The Morgan fingerprint density at radius 3 is 2.88 bits per heavy atom. The van der Waals surface area contributed by atoms with Gasteiger partial charge in [-0.15, -0.1) is 0 Å². The van der Waals surface area contributed by atoms with Gasteiger partial charge in [0, 0.05) is 25.5 Å². The smallest absolute Gasteiger partial charge is 0.290 e. The molecule has 2 heterocycles. The Balaban J connectivity index is 2.01. The standard InChI is InChI=1S/C11H16N4O2/c1-8(11(17)15-6-2-3-7-15)14-9-10(16)13-5-4-12-9/h4-5,8H,2-3,6-7H2,1H3,(H,12,14)(H,13,16). The second-order valence-corrected chi connectivity index (χ2v) is 4.17. The first-order valence-corrected chi connectivity index (χ1v) is 5.77. The number of H-pyrrole nitrogens is 1. The van der Waals surface area contributed by atoms with Crippen LogP contribution < -0.4 is 10.9 Å². The van der Waals surface area contributed by atoms with Crippen molar-refractivity contribution in [1.82, 2.24) is 14.9 Å². The molecule has 0 spiro atoms. The Morgan fingerprint density at radius 1 is 1.53 bits per heavy atom. The molecule has 2 N–H and O–H groups in total. The Bertz CT molecular complexity index is 451. The summed E-state index contributed by atoms with van der Waals surface area (Å²) in [5, 5.41) is 2.84. The van der Waals surface area contributed by atoms with Crippen LogP contribution in [0.4, 0.5) is 5.82 Å². The number of rotatable bonds is 3. The van der Waals surface area contributed by atoms with Crippen LogP contribution in [0.15, 0.2) is 17.2 Å². The van der Waals surface area contributed by atoms with Crippen LogP contribution >= 0.6 is 0 Å². The molecule has 1 aliphatic heterocycles. The summed E-state index contributed by atoms with van der Waals surface area (Å²) in [6, 6.07) is -0.427. The zero-order valence-electron chi connectivity index (χ0n) is 9.77. The number of aromatic amines is 1. The largest absolute Gasteiger partial charge is 0.354 e. The van der Waals surface area contributed by atoms with Gasteiger partial charge in [0.2, 0.25) is 5.91 Å². The van der Waals surface area contributed by atoms with Gasteiger partial charge in [0.15, 0.2) is 5.82 Å². The molecule has 1 fully saturated rings. The zero-order chi connectivity index (χ0) is 12.3. The molecular formula is C11H16N4O2. The molecule has 0 aromatic carbocycles. The maximum atomic E-state index is 12.0. The first-order chi connectivity index (χ1) is 8.18. The quantitative estimate of drug-likeness (QED) is 0.785. The van der Waals surface area contributed by atoms with Crippen LogP contribution in [-0.4, -0.2) is 39.9 Å². The molecule has 0 radical (unpaired) electrons. The maximum absolute atomic E-state index is 12.0. The summed E-state index contributed by atoms with van der Waals surface area (Å²) in [5.74, 6) is 0.208. The van der Waals surface area contributed by atoms with Crippen LogP contribution in [0.25, 0.3) is 0 Å². The number of hydrogen-bond donors (Lipinski definition) is 2. The van der Waals surface area contributed by atoms with Crippen molar-refractivity contribution in [3.8, 4) is 0 Å². The summed E-state index contributed by atoms with van der Waals surface area (Å²) in [6.45, 7) is 3.36. The van der Waals surface area contributed by atoms with Crippen LogP contribution in [-0.2, 0) is 4.79 Å². The van der Waals surface area contributed by atoms with Crippen LogP contribution in [0.2, 0.25) is 0 Å². The van der Waals surface area contributed by atoms with Gasteiger partial charge >= 0.3 is 0 Å². The van der Waals surface area contributed by atoms with E-state index in [9.17, 15) is 9.59 Å². The number of anilines is 1. The minimum Gasteiger partial charge on any atom is -0.354 e. The van der Waals surface area contributed by atoms with Crippen molar-refractivity contribution < 1.29 is 4.79 Å². The zero-order valence-corrected chi connectivity index (χ0v) is 9.77. The van der Waals surface area contributed by atoms with Gasteiger partial charge in [0.25, 0.3) is 5.56 Å². The average Bonchev–Trinajstić information content (AvgIpc) is 2.84. The number of amides is 1. The molecule has 2 rings (SSSR count). The predicted octanol–water partition coefficient (Wildman–Crippen LogP) is 0.193. The number of likely N-dealkylation sites (tertiary alicyclic amines) is 1. The lowest BCUT2D eigenvalue weighted by Gasteiger charge is -2.20. The number of hydrogen-bond acceptors (Lipinski definition) is 4. The minimum absolute atomic E-state index is 0.0209. The highest BCUT2D eigenvalue weighted by Crippen LogP contribution is 2.10. The summed E-state index contributed by atoms with van der Waals surface area (Å²) in [6.07, 6.45) is 5.06. The van der Waals surface area contributed by atoms with Crippen LogP contribution in [0, 0.1) is 0 Å². The summed E-state index contributed by atoms with van der Waals surface area (Å²) in [4.78, 5) is 31.6. The molecule has 1 aromatic heterocycles. The first-order valence-electron chi connectivity index (χ1n) is 5.77. The van der Waals surface area contributed by atoms with Gasteiger partial charge in [0.1, 0.15) is 6.04 Å². The Morgan fingerprint density at radius 2 is 2.24 bits per heavy atom. The highest BCUT2D eigenvalue weighted by atomic mass is 16.2. The van der Waals surface area contributed by atoms with E-state index in [1.165, 1.54) is 12.4 Å². The van der Waals surface area contributed by atoms with Crippen LogP contribution in [0.5, 0.6) is 0 Å². The predicted molar refractivity (Wildman–Crippen MR) is 63.8 cm³/mol. The highest BCUT2D eigenvalue weighted by molar-refractivity contribution is 5.84. The fraction of sp³-hybridized carbons (Fsp3) is 0.545. The average molecular weight is 236 g/mol. The van der Waals surface area contributed by atoms with E-state index in [2.05, 4.69) is 15.3 Å². The second kappa shape index (κ2) is 4.99. The third kappa shape index (κ3) is 2.64. The van der Waals surface area contributed by atoms with Crippen molar-refractivity contribution in [2.45, 2.75) is 25.8 Å². The van der Waals surface area contributed by atoms with Gasteiger partial charge < -0.3 is 15.2 Å². The van der Waals surface area contributed by atoms with E-state index in [0.717, 1.165) is 25.9 Å². The second-order valence-electron chi connectivity index (χ2n) is 4.17. The molecule has 1 aliphatic rings. The maximum Gasteiger partial charge on any atom is 0.290 e. The van der Waals surface area contributed by atoms with Gasteiger partial charge in [-0.05, 0) is 19.8 Å². The van der Waals surface area contributed by atoms with E-state index in [4.69, 9.17) is 0 Å². The van der Waals surface area contributed by atoms with E-state index in [1.807, 2.05) is 4.90 Å². The lowest BCUT2D eigenvalue weighted by molar-refractivity contribution is -0.130. The monoisotopic (exact) mass is 236 g/mol. The summed E-state index contributed by atoms with van der Waals surface area (Å²) in [7, 11) is 0. The molecule has 1 atom stereocenters. The van der Waals surface area contributed by atoms with E-state index < -0.39 is 6.04 Å². The molecule has 6 heteroatoms. The molecule has 17 heavy (non-hydrogen) atoms. The molecule has 0 saturated carbocycles. The number of nitrogens with one attached hydrogen (secondary N) is 2. The molecule has 0 aliphatic carbocycles. The van der Waals surface area contributed by atoms with Crippen molar-refractivity contribution >= 4 is 11.7 Å². The fourth-order valence-electron chi connectivity index (χ4n) is 1.93. The molecule has 1 saturated heterocycles. The number of carbonyl (C=O) groups excluding carboxylic acids is 1. The van der Waals surface area contributed by atoms with Crippen LogP contribution in [0.1, 0.15) is 19.8 Å². The molecule has 92 valence electrons. The summed E-state index contributed by atoms with van der Waals surface area (Å²) >= 11 is 0. The fourth-order valence-corrected chi connectivity index (χ4v) is 1.93. The van der Waals surface area contributed by atoms with Crippen molar-refractivity contribution in [2.75, 3.05) is 18.4 Å². The SMILES string of the molecule is CC(Nc1ncc[nH]c1=O)C(=O)N1CCCC1. The Kier molecular flexibility index (Phi) is 3.41. The van der Waals surface area contributed by atoms with Crippen molar-refractivity contribution in [2.24, 2.45) is 0 Å². The topological polar surface area (TPSA) is 78.1 Å². The minimum atomic E-state index is -0.427. The molecule has 1 amide bonds. The Labute approximate surface area is 99.1 Å². The van der Waals surface area contributed by atoms with Crippen molar-refractivity contribution in [3.63, 3.8) is 0 Å². The lowest BCUT2D eigenvalue weighted by Crippen LogP contribution is -2.40. The third-order valence-electron chi connectivity index (χ3n) is 2.85. The van der Waals surface area contributed by atoms with E-state index in [0.29, 0.717) is 0 Å². The third-order valence-corrected chi connectivity index (χ3v) is 2.85. The normalized spacial score (nSPS) is 16.9. The van der Waals surface area contributed by atoms with Gasteiger partial charge in [-0.1, -0.05) is 0 Å². The molecule has 6 nitrogen and oxygen atoms in total.